The van der Waals surface area contributed by atoms with Crippen molar-refractivity contribution in [1.82, 2.24) is 10.2 Å². The molecular weight excluding hydrogens is 272 g/mol. The minimum Gasteiger partial charge on any atom is -0.356 e. The molecule has 0 aliphatic carbocycles. The molecule has 2 aliphatic rings. The zero-order valence-corrected chi connectivity index (χ0v) is 12.1. The highest BCUT2D eigenvalue weighted by atomic mass is 32.1. The second-order valence-electron chi connectivity index (χ2n) is 5.63. The SMILES string of the molecule is O=C1CC2(CCN(C(=O)C=Cc3cccs3)CC2)CN1. The van der Waals surface area contributed by atoms with Crippen LogP contribution in [0.4, 0.5) is 0 Å². The van der Waals surface area contributed by atoms with Crippen molar-refractivity contribution in [2.24, 2.45) is 5.41 Å². The zero-order valence-electron chi connectivity index (χ0n) is 11.3. The maximum absolute atomic E-state index is 12.1. The van der Waals surface area contributed by atoms with Crippen molar-refractivity contribution < 1.29 is 9.59 Å². The molecule has 1 aromatic heterocycles. The monoisotopic (exact) mass is 290 g/mol. The van der Waals surface area contributed by atoms with Crippen LogP contribution in [-0.2, 0) is 9.59 Å². The first-order chi connectivity index (χ1) is 9.67. The van der Waals surface area contributed by atoms with Crippen LogP contribution in [0.15, 0.2) is 23.6 Å². The number of amides is 2. The van der Waals surface area contributed by atoms with Gasteiger partial charge < -0.3 is 10.2 Å². The van der Waals surface area contributed by atoms with E-state index in [0.29, 0.717) is 6.42 Å². The van der Waals surface area contributed by atoms with Crippen LogP contribution in [0.2, 0.25) is 0 Å². The molecule has 0 aromatic carbocycles. The van der Waals surface area contributed by atoms with E-state index in [1.54, 1.807) is 17.4 Å². The van der Waals surface area contributed by atoms with E-state index in [9.17, 15) is 9.59 Å². The Morgan fingerprint density at radius 3 is 2.80 bits per heavy atom. The van der Waals surface area contributed by atoms with Gasteiger partial charge >= 0.3 is 0 Å². The molecule has 0 radical (unpaired) electrons. The molecule has 1 aromatic rings. The maximum Gasteiger partial charge on any atom is 0.246 e. The van der Waals surface area contributed by atoms with Gasteiger partial charge in [-0.25, -0.2) is 0 Å². The normalized spacial score (nSPS) is 21.6. The van der Waals surface area contributed by atoms with E-state index in [1.807, 2.05) is 28.5 Å². The Morgan fingerprint density at radius 2 is 2.20 bits per heavy atom. The summed E-state index contributed by atoms with van der Waals surface area (Å²) in [5, 5.41) is 4.91. The Labute approximate surface area is 122 Å². The molecule has 4 nitrogen and oxygen atoms in total. The molecule has 0 bridgehead atoms. The number of piperidine rings is 1. The van der Waals surface area contributed by atoms with Crippen molar-refractivity contribution in [2.45, 2.75) is 19.3 Å². The predicted octanol–water partition coefficient (Wildman–Crippen LogP) is 1.89. The quantitative estimate of drug-likeness (QED) is 0.846. The highest BCUT2D eigenvalue weighted by Gasteiger charge is 2.41. The summed E-state index contributed by atoms with van der Waals surface area (Å²) in [6.45, 7) is 2.28. The summed E-state index contributed by atoms with van der Waals surface area (Å²) < 4.78 is 0. The number of carbonyl (C=O) groups excluding carboxylic acids is 2. The van der Waals surface area contributed by atoms with Crippen LogP contribution in [0.5, 0.6) is 0 Å². The van der Waals surface area contributed by atoms with Crippen molar-refractivity contribution in [2.75, 3.05) is 19.6 Å². The lowest BCUT2D eigenvalue weighted by molar-refractivity contribution is -0.128. The third kappa shape index (κ3) is 2.77. The van der Waals surface area contributed by atoms with Crippen molar-refractivity contribution in [3.63, 3.8) is 0 Å². The highest BCUT2D eigenvalue weighted by Crippen LogP contribution is 2.37. The van der Waals surface area contributed by atoms with Crippen LogP contribution in [0, 0.1) is 5.41 Å². The smallest absolute Gasteiger partial charge is 0.246 e. The Kier molecular flexibility index (Phi) is 3.61. The van der Waals surface area contributed by atoms with Crippen LogP contribution in [0.25, 0.3) is 6.08 Å². The summed E-state index contributed by atoms with van der Waals surface area (Å²) in [5.74, 6) is 0.230. The molecule has 0 atom stereocenters. The van der Waals surface area contributed by atoms with Gasteiger partial charge in [-0.05, 0) is 35.8 Å². The lowest BCUT2D eigenvalue weighted by Gasteiger charge is -2.37. The highest BCUT2D eigenvalue weighted by molar-refractivity contribution is 7.10. The summed E-state index contributed by atoms with van der Waals surface area (Å²) in [6.07, 6.45) is 5.99. The van der Waals surface area contributed by atoms with E-state index in [0.717, 1.165) is 37.4 Å². The molecule has 106 valence electrons. The lowest BCUT2D eigenvalue weighted by Crippen LogP contribution is -2.43. The number of nitrogens with zero attached hydrogens (tertiary/aromatic N) is 1. The van der Waals surface area contributed by atoms with Crippen LogP contribution in [0.3, 0.4) is 0 Å². The van der Waals surface area contributed by atoms with Crippen LogP contribution < -0.4 is 5.32 Å². The van der Waals surface area contributed by atoms with Gasteiger partial charge in [-0.15, -0.1) is 11.3 Å². The first-order valence-electron chi connectivity index (χ1n) is 6.94. The summed E-state index contributed by atoms with van der Waals surface area (Å²) in [6, 6.07) is 3.97. The standard InChI is InChI=1S/C15H18N2O2S/c18-13-10-15(11-16-13)5-7-17(8-6-15)14(19)4-3-12-2-1-9-20-12/h1-4,9H,5-8,10-11H2,(H,16,18). The van der Waals surface area contributed by atoms with Gasteiger partial charge in [0.05, 0.1) is 0 Å². The molecule has 3 heterocycles. The second kappa shape index (κ2) is 5.40. The summed E-state index contributed by atoms with van der Waals surface area (Å²) in [4.78, 5) is 26.5. The van der Waals surface area contributed by atoms with Crippen LogP contribution in [0.1, 0.15) is 24.1 Å². The van der Waals surface area contributed by atoms with E-state index in [1.165, 1.54) is 0 Å². The second-order valence-corrected chi connectivity index (χ2v) is 6.61. The number of hydrogen-bond acceptors (Lipinski definition) is 3. The van der Waals surface area contributed by atoms with E-state index < -0.39 is 0 Å². The summed E-state index contributed by atoms with van der Waals surface area (Å²) >= 11 is 1.62. The van der Waals surface area contributed by atoms with E-state index in [-0.39, 0.29) is 17.2 Å². The molecule has 2 saturated heterocycles. The van der Waals surface area contributed by atoms with E-state index in [4.69, 9.17) is 0 Å². The maximum atomic E-state index is 12.1. The lowest BCUT2D eigenvalue weighted by atomic mass is 9.77. The Hall–Kier alpha value is -1.62. The largest absolute Gasteiger partial charge is 0.356 e. The summed E-state index contributed by atoms with van der Waals surface area (Å²) in [7, 11) is 0. The molecule has 1 spiro atoms. The van der Waals surface area contributed by atoms with E-state index >= 15 is 0 Å². The fourth-order valence-corrected chi connectivity index (χ4v) is 3.57. The van der Waals surface area contributed by atoms with Gasteiger partial charge in [-0.2, -0.15) is 0 Å². The molecular formula is C15H18N2O2S. The van der Waals surface area contributed by atoms with Gasteiger partial charge in [0.15, 0.2) is 0 Å². The van der Waals surface area contributed by atoms with Gasteiger partial charge in [0.1, 0.15) is 0 Å². The number of carbonyl (C=O) groups is 2. The van der Waals surface area contributed by atoms with Crippen molar-refractivity contribution in [3.8, 4) is 0 Å². The average molecular weight is 290 g/mol. The van der Waals surface area contributed by atoms with Gasteiger partial charge in [0, 0.05) is 37.0 Å². The zero-order chi connectivity index (χ0) is 14.0. The molecule has 3 rings (SSSR count). The van der Waals surface area contributed by atoms with Gasteiger partial charge in [0.2, 0.25) is 11.8 Å². The van der Waals surface area contributed by atoms with Crippen molar-refractivity contribution in [1.29, 1.82) is 0 Å². The minimum atomic E-state index is 0.0746. The first-order valence-corrected chi connectivity index (χ1v) is 7.82. The van der Waals surface area contributed by atoms with Crippen LogP contribution >= 0.6 is 11.3 Å². The number of likely N-dealkylation sites (tertiary alicyclic amines) is 1. The fraction of sp³-hybridized carbons (Fsp3) is 0.467. The Balaban J connectivity index is 1.55. The first kappa shape index (κ1) is 13.4. The minimum absolute atomic E-state index is 0.0746. The molecule has 2 aliphatic heterocycles. The van der Waals surface area contributed by atoms with Gasteiger partial charge in [0.25, 0.3) is 0 Å². The number of rotatable bonds is 2. The Morgan fingerprint density at radius 1 is 1.40 bits per heavy atom. The number of thiophene rings is 1. The van der Waals surface area contributed by atoms with Gasteiger partial charge in [-0.3, -0.25) is 9.59 Å². The molecule has 1 N–H and O–H groups in total. The molecule has 20 heavy (non-hydrogen) atoms. The van der Waals surface area contributed by atoms with Crippen molar-refractivity contribution in [3.05, 3.63) is 28.5 Å². The average Bonchev–Trinajstić information content (AvgIpc) is 3.08. The predicted molar refractivity (Wildman–Crippen MR) is 79.2 cm³/mol. The molecule has 0 saturated carbocycles. The van der Waals surface area contributed by atoms with Gasteiger partial charge in [-0.1, -0.05) is 6.07 Å². The van der Waals surface area contributed by atoms with Crippen molar-refractivity contribution >= 4 is 29.2 Å². The molecule has 5 heteroatoms. The molecule has 2 fully saturated rings. The molecule has 2 amide bonds. The topological polar surface area (TPSA) is 49.4 Å². The number of hydrogen-bond donors (Lipinski definition) is 1. The molecule has 0 unspecified atom stereocenters. The third-order valence-electron chi connectivity index (χ3n) is 4.27. The van der Waals surface area contributed by atoms with E-state index in [2.05, 4.69) is 5.32 Å². The van der Waals surface area contributed by atoms with Crippen LogP contribution in [-0.4, -0.2) is 36.3 Å². The summed E-state index contributed by atoms with van der Waals surface area (Å²) in [5.41, 5.74) is 0.103. The third-order valence-corrected chi connectivity index (χ3v) is 5.10. The number of nitrogens with one attached hydrogen (secondary N) is 1. The Bertz CT molecular complexity index is 528. The fourth-order valence-electron chi connectivity index (χ4n) is 2.95.